The lowest BCUT2D eigenvalue weighted by Crippen LogP contribution is -1.87. The predicted molar refractivity (Wildman–Crippen MR) is 48.8 cm³/mol. The van der Waals surface area contributed by atoms with E-state index in [0.717, 1.165) is 18.1 Å². The second-order valence-corrected chi connectivity index (χ2v) is 2.76. The molecule has 2 nitrogen and oxygen atoms in total. The van der Waals surface area contributed by atoms with Gasteiger partial charge in [0, 0.05) is 12.3 Å². The number of allylic oxidation sites excluding steroid dienone is 4. The average molecular weight is 166 g/mol. The van der Waals surface area contributed by atoms with Crippen molar-refractivity contribution in [3.05, 3.63) is 23.8 Å². The average Bonchev–Trinajstić information content (AvgIpc) is 2.04. The van der Waals surface area contributed by atoms with Gasteiger partial charge in [0.15, 0.2) is 0 Å². The predicted octanol–water partition coefficient (Wildman–Crippen LogP) is 1.91. The van der Waals surface area contributed by atoms with Crippen molar-refractivity contribution in [2.24, 2.45) is 5.92 Å². The Balaban J connectivity index is 3.92. The highest BCUT2D eigenvalue weighted by Crippen LogP contribution is 1.98. The molecule has 0 aromatic rings. The summed E-state index contributed by atoms with van der Waals surface area (Å²) in [4.78, 5) is 20.2. The number of aldehydes is 2. The van der Waals surface area contributed by atoms with Gasteiger partial charge < -0.3 is 9.59 Å². The second kappa shape index (κ2) is 6.53. The van der Waals surface area contributed by atoms with Gasteiger partial charge in [0.2, 0.25) is 0 Å². The maximum absolute atomic E-state index is 10.2. The maximum atomic E-state index is 10.2. The van der Waals surface area contributed by atoms with Crippen molar-refractivity contribution in [3.63, 3.8) is 0 Å². The first-order chi connectivity index (χ1) is 5.70. The molecule has 0 saturated carbocycles. The van der Waals surface area contributed by atoms with Gasteiger partial charge in [-0.15, -0.1) is 0 Å². The van der Waals surface area contributed by atoms with Crippen molar-refractivity contribution in [1.29, 1.82) is 0 Å². The zero-order chi connectivity index (χ0) is 9.40. The Morgan fingerprint density at radius 2 is 2.08 bits per heavy atom. The smallest absolute Gasteiger partial charge is 0.126 e. The zero-order valence-corrected chi connectivity index (χ0v) is 7.49. The molecule has 0 aromatic carbocycles. The van der Waals surface area contributed by atoms with Gasteiger partial charge in [-0.3, -0.25) is 0 Å². The van der Waals surface area contributed by atoms with Crippen molar-refractivity contribution < 1.29 is 9.59 Å². The van der Waals surface area contributed by atoms with E-state index in [1.807, 2.05) is 19.9 Å². The molecule has 1 unspecified atom stereocenters. The highest BCUT2D eigenvalue weighted by Gasteiger charge is 1.89. The topological polar surface area (TPSA) is 34.1 Å². The van der Waals surface area contributed by atoms with Crippen LogP contribution in [0.4, 0.5) is 0 Å². The normalized spacial score (nSPS) is 14.7. The summed E-state index contributed by atoms with van der Waals surface area (Å²) in [5.74, 6) is -0.0507. The van der Waals surface area contributed by atoms with E-state index in [2.05, 4.69) is 0 Å². The quantitative estimate of drug-likeness (QED) is 0.462. The molecule has 2 heteroatoms. The summed E-state index contributed by atoms with van der Waals surface area (Å²) in [7, 11) is 0. The fourth-order valence-electron chi connectivity index (χ4n) is 0.640. The minimum Gasteiger partial charge on any atom is -0.303 e. The highest BCUT2D eigenvalue weighted by molar-refractivity contribution is 5.56. The van der Waals surface area contributed by atoms with Gasteiger partial charge in [0.25, 0.3) is 0 Å². The van der Waals surface area contributed by atoms with Crippen molar-refractivity contribution in [2.75, 3.05) is 0 Å². The van der Waals surface area contributed by atoms with E-state index < -0.39 is 0 Å². The van der Waals surface area contributed by atoms with Crippen molar-refractivity contribution in [1.82, 2.24) is 0 Å². The van der Waals surface area contributed by atoms with Crippen molar-refractivity contribution in [3.8, 4) is 0 Å². The third kappa shape index (κ3) is 5.59. The standard InChI is InChI=1S/C10H14O2/c1-9(6-7-11)4-3-5-10(2)8-12/h3-5,7-8,10H,6H2,1-2H3. The van der Waals surface area contributed by atoms with Gasteiger partial charge >= 0.3 is 0 Å². The Hall–Kier alpha value is -1.18. The van der Waals surface area contributed by atoms with Crippen LogP contribution in [-0.2, 0) is 9.59 Å². The van der Waals surface area contributed by atoms with Crippen LogP contribution < -0.4 is 0 Å². The van der Waals surface area contributed by atoms with E-state index in [1.54, 1.807) is 12.2 Å². The van der Waals surface area contributed by atoms with E-state index in [1.165, 1.54) is 0 Å². The SMILES string of the molecule is CC(=CC=CC(C)C=O)CC=O. The van der Waals surface area contributed by atoms with Crippen LogP contribution in [0.25, 0.3) is 0 Å². The van der Waals surface area contributed by atoms with Gasteiger partial charge in [0.05, 0.1) is 0 Å². The Morgan fingerprint density at radius 3 is 2.58 bits per heavy atom. The molecule has 66 valence electrons. The van der Waals surface area contributed by atoms with E-state index in [-0.39, 0.29) is 5.92 Å². The van der Waals surface area contributed by atoms with Gasteiger partial charge in [-0.05, 0) is 6.92 Å². The molecule has 12 heavy (non-hydrogen) atoms. The summed E-state index contributed by atoms with van der Waals surface area (Å²) >= 11 is 0. The molecule has 0 aliphatic carbocycles. The van der Waals surface area contributed by atoms with Crippen LogP contribution in [0.2, 0.25) is 0 Å². The molecular weight excluding hydrogens is 152 g/mol. The number of rotatable bonds is 5. The van der Waals surface area contributed by atoms with Crippen LogP contribution >= 0.6 is 0 Å². The lowest BCUT2D eigenvalue weighted by Gasteiger charge is -1.91. The molecule has 0 saturated heterocycles. The molecule has 0 N–H and O–H groups in total. The van der Waals surface area contributed by atoms with E-state index in [0.29, 0.717) is 6.42 Å². The highest BCUT2D eigenvalue weighted by atomic mass is 16.1. The molecule has 0 rings (SSSR count). The first kappa shape index (κ1) is 10.8. The zero-order valence-electron chi connectivity index (χ0n) is 7.49. The molecule has 0 fully saturated rings. The van der Waals surface area contributed by atoms with Gasteiger partial charge in [-0.25, -0.2) is 0 Å². The molecule has 0 bridgehead atoms. The number of carbonyl (C=O) groups is 2. The molecule has 0 spiro atoms. The van der Waals surface area contributed by atoms with Crippen LogP contribution in [0, 0.1) is 5.92 Å². The number of hydrogen-bond acceptors (Lipinski definition) is 2. The lowest BCUT2D eigenvalue weighted by molar-refractivity contribution is -0.109. The van der Waals surface area contributed by atoms with E-state index in [9.17, 15) is 9.59 Å². The fraction of sp³-hybridized carbons (Fsp3) is 0.400. The lowest BCUT2D eigenvalue weighted by atomic mass is 10.1. The third-order valence-corrected chi connectivity index (χ3v) is 1.42. The van der Waals surface area contributed by atoms with Gasteiger partial charge in [-0.2, -0.15) is 0 Å². The summed E-state index contributed by atoms with van der Waals surface area (Å²) in [6.07, 6.45) is 7.63. The first-order valence-corrected chi connectivity index (χ1v) is 3.93. The molecule has 0 aliphatic heterocycles. The largest absolute Gasteiger partial charge is 0.303 e. The summed E-state index contributed by atoms with van der Waals surface area (Å²) < 4.78 is 0. The van der Waals surface area contributed by atoms with Crippen molar-refractivity contribution in [2.45, 2.75) is 20.3 Å². The van der Waals surface area contributed by atoms with Crippen molar-refractivity contribution >= 4 is 12.6 Å². The minimum absolute atomic E-state index is 0.0507. The molecule has 0 heterocycles. The monoisotopic (exact) mass is 166 g/mol. The van der Waals surface area contributed by atoms with E-state index >= 15 is 0 Å². The summed E-state index contributed by atoms with van der Waals surface area (Å²) in [5, 5.41) is 0. The van der Waals surface area contributed by atoms with Crippen LogP contribution in [0.15, 0.2) is 23.8 Å². The Morgan fingerprint density at radius 1 is 1.42 bits per heavy atom. The van der Waals surface area contributed by atoms with Gasteiger partial charge in [-0.1, -0.05) is 30.7 Å². The molecule has 0 amide bonds. The number of hydrogen-bond donors (Lipinski definition) is 0. The third-order valence-electron chi connectivity index (χ3n) is 1.42. The molecule has 0 aromatic heterocycles. The van der Waals surface area contributed by atoms with Crippen LogP contribution in [0.3, 0.4) is 0 Å². The molecular formula is C10H14O2. The molecule has 0 aliphatic rings. The first-order valence-electron chi connectivity index (χ1n) is 3.93. The van der Waals surface area contributed by atoms with Crippen LogP contribution in [0.5, 0.6) is 0 Å². The summed E-state index contributed by atoms with van der Waals surface area (Å²) in [6, 6.07) is 0. The minimum atomic E-state index is -0.0507. The Bertz CT molecular complexity index is 202. The summed E-state index contributed by atoms with van der Waals surface area (Å²) in [6.45, 7) is 3.69. The van der Waals surface area contributed by atoms with Crippen LogP contribution in [-0.4, -0.2) is 12.6 Å². The van der Waals surface area contributed by atoms with E-state index in [4.69, 9.17) is 0 Å². The molecule has 1 atom stereocenters. The van der Waals surface area contributed by atoms with Gasteiger partial charge in [0.1, 0.15) is 12.6 Å². The fourth-order valence-corrected chi connectivity index (χ4v) is 0.640. The Labute approximate surface area is 73.0 Å². The molecule has 0 radical (unpaired) electrons. The maximum Gasteiger partial charge on any atom is 0.126 e. The number of carbonyl (C=O) groups excluding carboxylic acids is 2. The Kier molecular flexibility index (Phi) is 5.88. The summed E-state index contributed by atoms with van der Waals surface area (Å²) in [5.41, 5.74) is 0.999. The van der Waals surface area contributed by atoms with Crippen LogP contribution in [0.1, 0.15) is 20.3 Å². The second-order valence-electron chi connectivity index (χ2n) is 2.76.